The molecule has 0 radical (unpaired) electrons. The minimum atomic E-state index is -0.197. The number of nitrogen functional groups attached to an aromatic ring is 2. The lowest BCUT2D eigenvalue weighted by atomic mass is 9.81. The van der Waals surface area contributed by atoms with Crippen molar-refractivity contribution in [2.45, 2.75) is 91.3 Å². The van der Waals surface area contributed by atoms with Crippen molar-refractivity contribution in [2.24, 2.45) is 0 Å². The van der Waals surface area contributed by atoms with Gasteiger partial charge in [0.2, 0.25) is 0 Å². The van der Waals surface area contributed by atoms with E-state index in [2.05, 4.69) is 65.8 Å². The SMILES string of the molecule is CC(C)(C)c1cc2c(OCc3ccccc3)c(c1)Cc1cc(N)cc(c1O)Cc1cc(C(C)(C)C)cc(c1OCc1ccccc1)Cc1cc(N)cc(c1O)C2. The highest BCUT2D eigenvalue weighted by Gasteiger charge is 2.26. The molecular formula is C50H54N2O4. The fraction of sp³-hybridized carbons (Fsp3) is 0.280. The van der Waals surface area contributed by atoms with Gasteiger partial charge >= 0.3 is 0 Å². The number of hydrogen-bond acceptors (Lipinski definition) is 6. The molecule has 1 aliphatic rings. The van der Waals surface area contributed by atoms with E-state index in [4.69, 9.17) is 20.9 Å². The van der Waals surface area contributed by atoms with Crippen LogP contribution in [-0.4, -0.2) is 10.2 Å². The second kappa shape index (κ2) is 15.3. The molecule has 6 nitrogen and oxygen atoms in total. The van der Waals surface area contributed by atoms with Crippen LogP contribution in [0.4, 0.5) is 11.4 Å². The molecule has 1 aliphatic carbocycles. The minimum Gasteiger partial charge on any atom is -0.507 e. The molecule has 0 fully saturated rings. The van der Waals surface area contributed by atoms with Crippen molar-refractivity contribution in [3.8, 4) is 23.0 Å². The van der Waals surface area contributed by atoms with E-state index in [1.165, 1.54) is 0 Å². The Hall–Kier alpha value is -5.88. The molecule has 0 heterocycles. The predicted molar refractivity (Wildman–Crippen MR) is 228 cm³/mol. The maximum absolute atomic E-state index is 12.2. The summed E-state index contributed by atoms with van der Waals surface area (Å²) in [6.07, 6.45) is 1.51. The van der Waals surface area contributed by atoms with Gasteiger partial charge in [-0.2, -0.15) is 0 Å². The second-order valence-electron chi connectivity index (χ2n) is 17.4. The van der Waals surface area contributed by atoms with Crippen LogP contribution >= 0.6 is 0 Å². The van der Waals surface area contributed by atoms with Crippen molar-refractivity contribution in [1.29, 1.82) is 0 Å². The largest absolute Gasteiger partial charge is 0.507 e. The fourth-order valence-electron chi connectivity index (χ4n) is 7.66. The third-order valence-corrected chi connectivity index (χ3v) is 10.8. The van der Waals surface area contributed by atoms with Crippen molar-refractivity contribution in [1.82, 2.24) is 0 Å². The van der Waals surface area contributed by atoms with E-state index in [-0.39, 0.29) is 22.3 Å². The number of ether oxygens (including phenoxy) is 2. The van der Waals surface area contributed by atoms with Crippen molar-refractivity contribution in [3.05, 3.63) is 176 Å². The molecular weight excluding hydrogens is 693 g/mol. The Morgan fingerprint density at radius 1 is 0.446 bits per heavy atom. The molecule has 56 heavy (non-hydrogen) atoms. The van der Waals surface area contributed by atoms with Gasteiger partial charge in [-0.1, -0.05) is 126 Å². The zero-order chi connectivity index (χ0) is 39.8. The van der Waals surface area contributed by atoms with Crippen molar-refractivity contribution >= 4 is 11.4 Å². The molecule has 7 rings (SSSR count). The normalized spacial score (nSPS) is 13.0. The van der Waals surface area contributed by atoms with E-state index in [0.29, 0.717) is 72.5 Å². The van der Waals surface area contributed by atoms with E-state index in [1.54, 1.807) is 0 Å². The summed E-state index contributed by atoms with van der Waals surface area (Å²) in [6, 6.07) is 36.4. The summed E-state index contributed by atoms with van der Waals surface area (Å²) in [7, 11) is 0. The zero-order valence-corrected chi connectivity index (χ0v) is 33.5. The van der Waals surface area contributed by atoms with Crippen LogP contribution in [0.5, 0.6) is 23.0 Å². The number of rotatable bonds is 6. The van der Waals surface area contributed by atoms with Gasteiger partial charge < -0.3 is 31.2 Å². The van der Waals surface area contributed by atoms with Gasteiger partial charge in [0.15, 0.2) is 0 Å². The van der Waals surface area contributed by atoms with E-state index in [0.717, 1.165) is 56.0 Å². The number of benzene rings is 6. The Kier molecular flexibility index (Phi) is 10.5. The molecule has 0 unspecified atom stereocenters. The van der Waals surface area contributed by atoms with Gasteiger partial charge in [-0.15, -0.1) is 0 Å². The molecule has 6 N–H and O–H groups in total. The number of fused-ring (bicyclic) bond motifs is 8. The third kappa shape index (κ3) is 8.50. The van der Waals surface area contributed by atoms with Gasteiger partial charge in [-0.25, -0.2) is 0 Å². The fourth-order valence-corrected chi connectivity index (χ4v) is 7.66. The average Bonchev–Trinajstić information content (AvgIpc) is 3.14. The van der Waals surface area contributed by atoms with Gasteiger partial charge in [0.05, 0.1) is 0 Å². The number of anilines is 2. The van der Waals surface area contributed by atoms with Crippen LogP contribution in [0.2, 0.25) is 0 Å². The first-order valence-corrected chi connectivity index (χ1v) is 19.5. The molecule has 0 aliphatic heterocycles. The Morgan fingerprint density at radius 2 is 0.732 bits per heavy atom. The van der Waals surface area contributed by atoms with Crippen LogP contribution in [0.15, 0.2) is 109 Å². The molecule has 288 valence electrons. The Labute approximate surface area is 331 Å². The Bertz CT molecular complexity index is 2110. The lowest BCUT2D eigenvalue weighted by Crippen LogP contribution is -2.15. The Morgan fingerprint density at radius 3 is 1.00 bits per heavy atom. The standard InChI is InChI=1S/C50H54N2O4/c1-49(2,3)41-21-37-17-33-25-43(51)27-35(45(33)53)19-39-23-42(50(4,5)6)24-40(48(39)56-30-32-15-11-8-12-16-32)20-36-28-44(52)26-34(46(36)54)18-38(22-41)47(37)55-29-31-13-9-7-10-14-31/h7-16,21-28,53-54H,17-20,29-30,51-52H2,1-6H3. The molecule has 0 atom stereocenters. The quantitative estimate of drug-likeness (QED) is 0.0996. The van der Waals surface area contributed by atoms with Crippen molar-refractivity contribution in [3.63, 3.8) is 0 Å². The van der Waals surface area contributed by atoms with Crippen LogP contribution in [-0.2, 0) is 49.7 Å². The highest BCUT2D eigenvalue weighted by Crippen LogP contribution is 2.42. The summed E-state index contributed by atoms with van der Waals surface area (Å²) in [5.41, 5.74) is 25.0. The molecule has 6 aromatic rings. The number of hydrogen-bond donors (Lipinski definition) is 4. The monoisotopic (exact) mass is 746 g/mol. The van der Waals surface area contributed by atoms with Crippen LogP contribution in [0, 0.1) is 0 Å². The van der Waals surface area contributed by atoms with Crippen LogP contribution in [0.25, 0.3) is 0 Å². The first kappa shape index (κ1) is 38.4. The van der Waals surface area contributed by atoms with Crippen LogP contribution in [0.1, 0.15) is 108 Å². The highest BCUT2D eigenvalue weighted by molar-refractivity contribution is 5.62. The number of nitrogens with two attached hydrogens (primary N) is 2. The molecule has 6 heteroatoms. The third-order valence-electron chi connectivity index (χ3n) is 10.8. The highest BCUT2D eigenvalue weighted by atomic mass is 16.5. The Balaban J connectivity index is 1.48. The van der Waals surface area contributed by atoms with E-state index in [9.17, 15) is 10.2 Å². The topological polar surface area (TPSA) is 111 Å². The molecule has 0 saturated heterocycles. The molecule has 0 spiro atoms. The maximum atomic E-state index is 12.2. The van der Waals surface area contributed by atoms with Gasteiger partial charge in [0.25, 0.3) is 0 Å². The van der Waals surface area contributed by atoms with Crippen LogP contribution < -0.4 is 20.9 Å². The van der Waals surface area contributed by atoms with Gasteiger partial charge in [0, 0.05) is 59.3 Å². The summed E-state index contributed by atoms with van der Waals surface area (Å²) in [4.78, 5) is 0. The lowest BCUT2D eigenvalue weighted by Gasteiger charge is -2.26. The second-order valence-corrected chi connectivity index (χ2v) is 17.4. The molecule has 8 bridgehead atoms. The van der Waals surface area contributed by atoms with Gasteiger partial charge in [-0.05, 0) is 79.6 Å². The first-order valence-electron chi connectivity index (χ1n) is 19.5. The van der Waals surface area contributed by atoms with Crippen molar-refractivity contribution in [2.75, 3.05) is 11.5 Å². The van der Waals surface area contributed by atoms with E-state index in [1.807, 2.05) is 84.9 Å². The molecule has 0 aromatic heterocycles. The summed E-state index contributed by atoms with van der Waals surface area (Å²) < 4.78 is 13.5. The number of phenols is 2. The maximum Gasteiger partial charge on any atom is 0.126 e. The molecule has 6 aromatic carbocycles. The lowest BCUT2D eigenvalue weighted by molar-refractivity contribution is 0.300. The minimum absolute atomic E-state index is 0.197. The number of aromatic hydroxyl groups is 2. The van der Waals surface area contributed by atoms with Crippen LogP contribution in [0.3, 0.4) is 0 Å². The van der Waals surface area contributed by atoms with Gasteiger partial charge in [0.1, 0.15) is 36.2 Å². The summed E-state index contributed by atoms with van der Waals surface area (Å²) in [5, 5.41) is 24.4. The summed E-state index contributed by atoms with van der Waals surface area (Å²) in [5.74, 6) is 1.85. The molecule has 0 amide bonds. The average molecular weight is 747 g/mol. The van der Waals surface area contributed by atoms with Crippen molar-refractivity contribution < 1.29 is 19.7 Å². The zero-order valence-electron chi connectivity index (χ0n) is 33.5. The van der Waals surface area contributed by atoms with E-state index < -0.39 is 0 Å². The summed E-state index contributed by atoms with van der Waals surface area (Å²) >= 11 is 0. The molecule has 0 saturated carbocycles. The summed E-state index contributed by atoms with van der Waals surface area (Å²) in [6.45, 7) is 13.9. The van der Waals surface area contributed by atoms with Gasteiger partial charge in [-0.3, -0.25) is 0 Å². The first-order chi connectivity index (χ1) is 26.6. The smallest absolute Gasteiger partial charge is 0.126 e. The predicted octanol–water partition coefficient (Wildman–Crippen LogP) is 10.7. The van der Waals surface area contributed by atoms with E-state index >= 15 is 0 Å². The number of phenolic OH excluding ortho intramolecular Hbond substituents is 2.